The molecule has 0 aliphatic carbocycles. The molecule has 7 aromatic carbocycles. The van der Waals surface area contributed by atoms with Crippen molar-refractivity contribution in [3.8, 4) is 0 Å². The molecule has 7 aromatic rings. The second kappa shape index (κ2) is 33.2. The molecular weight excluding hydrogens is 1440 g/mol. The molecule has 4 aliphatic rings. The van der Waals surface area contributed by atoms with Gasteiger partial charge in [0.05, 0.1) is 10.2 Å². The van der Waals surface area contributed by atoms with Crippen molar-refractivity contribution in [2.45, 2.75) is 49.9 Å². The Bertz CT molecular complexity index is 3550. The maximum absolute atomic E-state index is 14.5. The van der Waals surface area contributed by atoms with Gasteiger partial charge in [0.2, 0.25) is 5.91 Å². The van der Waals surface area contributed by atoms with E-state index in [4.69, 9.17) is 5.73 Å². The summed E-state index contributed by atoms with van der Waals surface area (Å²) in [6.07, 6.45) is 4.56. The molecule has 21 heteroatoms. The van der Waals surface area contributed by atoms with Crippen LogP contribution in [0.15, 0.2) is 162 Å². The molecule has 16 nitrogen and oxygen atoms in total. The van der Waals surface area contributed by atoms with E-state index in [1.807, 2.05) is 99.0 Å². The number of carbonyl (C=O) groups excluding carboxylic acids is 4. The van der Waals surface area contributed by atoms with E-state index >= 15 is 0 Å². The minimum Gasteiger partial charge on any atom is -0.370 e. The molecule has 0 bridgehead atoms. The van der Waals surface area contributed by atoms with Gasteiger partial charge in [0.1, 0.15) is 11.6 Å². The lowest BCUT2D eigenvalue weighted by Crippen LogP contribution is -2.31. The van der Waals surface area contributed by atoms with Crippen LogP contribution in [0.1, 0.15) is 67.1 Å². The van der Waals surface area contributed by atoms with Gasteiger partial charge in [-0.05, 0) is 301 Å². The highest BCUT2D eigenvalue weighted by Gasteiger charge is 2.28. The van der Waals surface area contributed by atoms with Gasteiger partial charge in [0.25, 0.3) is 17.7 Å². The smallest absolute Gasteiger partial charge is 0.255 e. The Morgan fingerprint density at radius 3 is 1.09 bits per heavy atom. The first-order valence-electron chi connectivity index (χ1n) is 30.4. The van der Waals surface area contributed by atoms with Crippen molar-refractivity contribution in [3.05, 3.63) is 203 Å². The van der Waals surface area contributed by atoms with Crippen LogP contribution < -0.4 is 41.3 Å². The van der Waals surface area contributed by atoms with Crippen LogP contribution in [-0.2, 0) is 0 Å². The second-order valence-electron chi connectivity index (χ2n) is 24.1. The summed E-state index contributed by atoms with van der Waals surface area (Å²) in [5.41, 5.74) is 13.4. The molecule has 0 aromatic heterocycles. The number of hydrogen-bond acceptors (Lipinski definition) is 12. The summed E-state index contributed by atoms with van der Waals surface area (Å²) in [7, 11) is 16.8. The van der Waals surface area contributed by atoms with E-state index in [2.05, 4.69) is 171 Å². The Balaban J connectivity index is 0.000000158. The number of amides is 4. The van der Waals surface area contributed by atoms with Crippen molar-refractivity contribution in [2.24, 2.45) is 5.73 Å². The molecule has 4 aliphatic heterocycles. The number of anilines is 7. The van der Waals surface area contributed by atoms with E-state index in [0.29, 0.717) is 62.4 Å². The fourth-order valence-electron chi connectivity index (χ4n) is 11.2. The highest BCUT2D eigenvalue weighted by Crippen LogP contribution is 2.30. The van der Waals surface area contributed by atoms with Crippen LogP contribution in [-0.4, -0.2) is 176 Å². The fraction of sp³-hybridized carbons (Fsp3) is 0.343. The summed E-state index contributed by atoms with van der Waals surface area (Å²) in [6.45, 7) is 7.95. The van der Waals surface area contributed by atoms with Crippen LogP contribution in [0.4, 0.5) is 48.6 Å². The molecule has 0 radical (unpaired) electrons. The molecule has 0 saturated carbocycles. The van der Waals surface area contributed by atoms with Crippen molar-refractivity contribution >= 4 is 125 Å². The maximum Gasteiger partial charge on any atom is 0.255 e. The number of likely N-dealkylation sites (N-methyl/N-ethyl adjacent to an activating group) is 4. The van der Waals surface area contributed by atoms with E-state index in [1.165, 1.54) is 42.4 Å². The van der Waals surface area contributed by atoms with Crippen molar-refractivity contribution < 1.29 is 28.0 Å². The van der Waals surface area contributed by atoms with Crippen molar-refractivity contribution in [1.82, 2.24) is 19.6 Å². The topological polar surface area (TPSA) is 156 Å². The average molecular weight is 1530 g/mol. The number of rotatable bonds is 15. The molecule has 4 atom stereocenters. The zero-order valence-electron chi connectivity index (χ0n) is 53.0. The van der Waals surface area contributed by atoms with Crippen LogP contribution in [0.3, 0.4) is 0 Å². The molecule has 11 rings (SSSR count). The van der Waals surface area contributed by atoms with Crippen molar-refractivity contribution in [2.75, 3.05) is 144 Å². The molecule has 91 heavy (non-hydrogen) atoms. The monoisotopic (exact) mass is 1530 g/mol. The number of benzene rings is 7. The summed E-state index contributed by atoms with van der Waals surface area (Å²) in [6, 6.07) is 49.7. The summed E-state index contributed by atoms with van der Waals surface area (Å²) >= 11 is 7.50. The standard InChI is InChI=1S/C19H21BrFN3O.C19H21FIN3O.C19H22IN3O.C13H19N3O/c1-23(2)16-9-10-24(12-16)15-6-4-14(5-7-15)22-19(25)13-3-8-17(20)18(21)11-13;1-23(2)16-9-10-24(12-16)18-8-7-15(11-17(18)20)22-19(25)13-3-5-14(21)6-4-13;1-22(2)18-11-12-23(13-18)17-9-7-16(8-10-17)21-19(24)14-3-5-15(20)6-4-14;1-15(2)12-7-8-16(9-12)11-5-3-10(4-6-11)13(14)17/h2*3-8,11,16H,9-10,12H2,1-2H3,(H,22,25);3-10,18H,11-13H2,1-2H3,(H,21,24);3-6,12H,7-9H2,1-2H3,(H2,14,17)/t;;;12-/m...1/s1. The number of hydrogen-bond donors (Lipinski definition) is 4. The Morgan fingerprint density at radius 1 is 0.418 bits per heavy atom. The Morgan fingerprint density at radius 2 is 0.736 bits per heavy atom. The van der Waals surface area contributed by atoms with Gasteiger partial charge in [-0.2, -0.15) is 0 Å². The van der Waals surface area contributed by atoms with Gasteiger partial charge < -0.3 is 60.9 Å². The lowest BCUT2D eigenvalue weighted by atomic mass is 10.2. The van der Waals surface area contributed by atoms with Gasteiger partial charge in [0, 0.05) is 140 Å². The zero-order chi connectivity index (χ0) is 65.5. The number of halogens is 5. The highest BCUT2D eigenvalue weighted by molar-refractivity contribution is 14.1. The number of nitrogens with zero attached hydrogens (tertiary/aromatic N) is 8. The molecule has 4 saturated heterocycles. The van der Waals surface area contributed by atoms with E-state index < -0.39 is 5.82 Å². The molecule has 4 amide bonds. The van der Waals surface area contributed by atoms with E-state index in [-0.39, 0.29) is 35.0 Å². The third-order valence-corrected chi connectivity index (χ3v) is 19.1. The number of nitrogens with one attached hydrogen (secondary N) is 3. The molecule has 4 heterocycles. The number of nitrogens with two attached hydrogens (primary N) is 1. The highest BCUT2D eigenvalue weighted by atomic mass is 127. The molecule has 5 N–H and O–H groups in total. The first-order valence-corrected chi connectivity index (χ1v) is 33.4. The minimum absolute atomic E-state index is 0.0759. The van der Waals surface area contributed by atoms with Gasteiger partial charge in [0.15, 0.2) is 0 Å². The van der Waals surface area contributed by atoms with Gasteiger partial charge in [-0.25, -0.2) is 8.78 Å². The predicted octanol–water partition coefficient (Wildman–Crippen LogP) is 12.4. The van der Waals surface area contributed by atoms with Crippen molar-refractivity contribution in [1.29, 1.82) is 0 Å². The Labute approximate surface area is 570 Å². The Kier molecular flexibility index (Phi) is 25.6. The third kappa shape index (κ3) is 20.1. The second-order valence-corrected chi connectivity index (χ2v) is 27.4. The fourth-order valence-corrected chi connectivity index (χ4v) is 12.2. The number of primary amides is 1. The molecule has 482 valence electrons. The molecule has 0 spiro atoms. The summed E-state index contributed by atoms with van der Waals surface area (Å²) in [4.78, 5) is 65.8. The zero-order valence-corrected chi connectivity index (χ0v) is 58.9. The summed E-state index contributed by atoms with van der Waals surface area (Å²) < 4.78 is 30.6. The predicted molar refractivity (Wildman–Crippen MR) is 388 cm³/mol. The van der Waals surface area contributed by atoms with Crippen LogP contribution in [0.5, 0.6) is 0 Å². The summed E-state index contributed by atoms with van der Waals surface area (Å²) in [5.74, 6) is -1.77. The summed E-state index contributed by atoms with van der Waals surface area (Å²) in [5, 5.41) is 8.51. The van der Waals surface area contributed by atoms with Gasteiger partial charge in [-0.1, -0.05) is 0 Å². The largest absolute Gasteiger partial charge is 0.370 e. The molecular formula is C70H83BrF2I2N12O4. The first kappa shape index (κ1) is 70.1. The van der Waals surface area contributed by atoms with E-state index in [9.17, 15) is 28.0 Å². The third-order valence-electron chi connectivity index (χ3n) is 17.0. The van der Waals surface area contributed by atoms with Crippen molar-refractivity contribution in [3.63, 3.8) is 0 Å². The van der Waals surface area contributed by atoms with Gasteiger partial charge >= 0.3 is 0 Å². The van der Waals surface area contributed by atoms with Crippen LogP contribution in [0.2, 0.25) is 0 Å². The molecule has 3 unspecified atom stereocenters. The van der Waals surface area contributed by atoms with Crippen LogP contribution in [0, 0.1) is 18.8 Å². The average Bonchev–Trinajstić information content (AvgIpc) is 2.15. The minimum atomic E-state index is -0.451. The normalized spacial score (nSPS) is 17.7. The Hall–Kier alpha value is -6.74. The maximum atomic E-state index is 14.5. The van der Waals surface area contributed by atoms with Crippen LogP contribution >= 0.6 is 61.1 Å². The molecule has 4 fully saturated rings. The van der Waals surface area contributed by atoms with E-state index in [0.717, 1.165) is 83.7 Å². The van der Waals surface area contributed by atoms with Gasteiger partial charge in [-0.15, -0.1) is 0 Å². The quantitative estimate of drug-likeness (QED) is 0.0722. The lowest BCUT2D eigenvalue weighted by molar-refractivity contribution is 0.0995. The van der Waals surface area contributed by atoms with Crippen LogP contribution in [0.25, 0.3) is 0 Å². The lowest BCUT2D eigenvalue weighted by Gasteiger charge is -2.22. The van der Waals surface area contributed by atoms with Gasteiger partial charge in [-0.3, -0.25) is 19.2 Å². The first-order chi connectivity index (χ1) is 43.5. The SMILES string of the molecule is CN(C)C1CCN(c2ccc(NC(=O)c3ccc(Br)c(F)c3)cc2)C1.CN(C)C1CCN(c2ccc(NC(=O)c3ccc(I)cc3)cc2)C1.CN(C)C1CCN(c2ccc(NC(=O)c3ccc(I)cc3)cc2F)C1.CN(C)[C@@H]1CCN(c2ccc(C(N)=O)cc2)C1. The van der Waals surface area contributed by atoms with E-state index in [1.54, 1.807) is 42.5 Å². The number of carbonyl (C=O) groups is 4.